The van der Waals surface area contributed by atoms with Gasteiger partial charge in [-0.15, -0.1) is 6.58 Å². The topological polar surface area (TPSA) is 65.8 Å². The van der Waals surface area contributed by atoms with Crippen LogP contribution in [0.1, 0.15) is 43.4 Å². The fourth-order valence-corrected chi connectivity index (χ4v) is 3.78. The summed E-state index contributed by atoms with van der Waals surface area (Å²) in [6.45, 7) is 4.88. The lowest BCUT2D eigenvalue weighted by Crippen LogP contribution is -2.49. The van der Waals surface area contributed by atoms with Crippen molar-refractivity contribution < 1.29 is 14.0 Å². The highest BCUT2D eigenvalue weighted by Crippen LogP contribution is 2.18. The van der Waals surface area contributed by atoms with Gasteiger partial charge in [0.1, 0.15) is 12.3 Å². The van der Waals surface area contributed by atoms with Crippen LogP contribution in [0.3, 0.4) is 0 Å². The average molecular weight is 410 g/mol. The number of nitrogens with zero attached hydrogens (tertiary/aromatic N) is 2. The molecule has 0 spiro atoms. The number of hydrogen-bond acceptors (Lipinski definition) is 3. The number of hydrogen-bond donors (Lipinski definition) is 1. The van der Waals surface area contributed by atoms with Gasteiger partial charge < -0.3 is 19.5 Å². The first-order valence-electron chi connectivity index (χ1n) is 10.7. The van der Waals surface area contributed by atoms with Crippen LogP contribution in [0.25, 0.3) is 0 Å². The van der Waals surface area contributed by atoms with E-state index < -0.39 is 0 Å². The molecule has 1 aromatic carbocycles. The molecule has 0 atom stereocenters. The van der Waals surface area contributed by atoms with Gasteiger partial charge in [-0.05, 0) is 30.5 Å². The predicted molar refractivity (Wildman–Crippen MR) is 117 cm³/mol. The number of benzene rings is 1. The summed E-state index contributed by atoms with van der Waals surface area (Å²) in [6, 6.07) is 13.5. The molecule has 6 nitrogen and oxygen atoms in total. The van der Waals surface area contributed by atoms with Crippen LogP contribution < -0.4 is 5.32 Å². The maximum absolute atomic E-state index is 13.2. The highest BCUT2D eigenvalue weighted by atomic mass is 16.3. The number of urea groups is 1. The van der Waals surface area contributed by atoms with E-state index in [2.05, 4.69) is 11.9 Å². The molecule has 0 aliphatic heterocycles. The number of amides is 3. The fraction of sp³-hybridized carbons (Fsp3) is 0.417. The molecule has 1 aliphatic rings. The van der Waals surface area contributed by atoms with E-state index in [9.17, 15) is 9.59 Å². The van der Waals surface area contributed by atoms with Gasteiger partial charge in [-0.1, -0.05) is 55.7 Å². The van der Waals surface area contributed by atoms with Gasteiger partial charge in [0.15, 0.2) is 0 Å². The van der Waals surface area contributed by atoms with E-state index in [0.717, 1.165) is 31.2 Å². The first-order chi connectivity index (χ1) is 14.7. The van der Waals surface area contributed by atoms with Crippen molar-refractivity contribution in [2.45, 2.75) is 51.2 Å². The number of carbonyl (C=O) groups excluding carboxylic acids is 2. The summed E-state index contributed by atoms with van der Waals surface area (Å²) in [5.74, 6) is 0.581. The lowest BCUT2D eigenvalue weighted by molar-refractivity contribution is -0.133. The Morgan fingerprint density at radius 1 is 1.03 bits per heavy atom. The van der Waals surface area contributed by atoms with Crippen molar-refractivity contribution in [3.63, 3.8) is 0 Å². The minimum Gasteiger partial charge on any atom is -0.467 e. The van der Waals surface area contributed by atoms with E-state index in [1.54, 1.807) is 17.2 Å². The van der Waals surface area contributed by atoms with Crippen LogP contribution in [0.2, 0.25) is 0 Å². The molecule has 1 heterocycles. The zero-order valence-electron chi connectivity index (χ0n) is 17.5. The van der Waals surface area contributed by atoms with Crippen LogP contribution in [0.5, 0.6) is 0 Å². The molecule has 1 aliphatic carbocycles. The Bertz CT molecular complexity index is 798. The van der Waals surface area contributed by atoms with E-state index in [1.807, 2.05) is 42.5 Å². The first-order valence-corrected chi connectivity index (χ1v) is 10.7. The molecule has 3 amide bonds. The third kappa shape index (κ3) is 6.51. The Kier molecular flexibility index (Phi) is 8.12. The zero-order valence-corrected chi connectivity index (χ0v) is 17.5. The Hall–Kier alpha value is -3.02. The molecule has 1 fully saturated rings. The number of rotatable bonds is 9. The minimum atomic E-state index is -0.201. The quantitative estimate of drug-likeness (QED) is 0.627. The van der Waals surface area contributed by atoms with Crippen LogP contribution in [0.4, 0.5) is 4.79 Å². The molecular formula is C24H31N3O3. The summed E-state index contributed by atoms with van der Waals surface area (Å²) in [5.41, 5.74) is 1.03. The number of nitrogens with one attached hydrogen (secondary N) is 1. The van der Waals surface area contributed by atoms with E-state index in [1.165, 1.54) is 11.3 Å². The molecule has 0 radical (unpaired) electrons. The molecule has 3 rings (SSSR count). The lowest BCUT2D eigenvalue weighted by atomic mass is 9.96. The summed E-state index contributed by atoms with van der Waals surface area (Å²) in [5, 5.41) is 3.09. The van der Waals surface area contributed by atoms with E-state index in [-0.39, 0.29) is 24.5 Å². The largest absolute Gasteiger partial charge is 0.467 e. The molecule has 1 saturated carbocycles. The van der Waals surface area contributed by atoms with Crippen molar-refractivity contribution in [2.75, 3.05) is 13.1 Å². The molecule has 30 heavy (non-hydrogen) atoms. The second-order valence-electron chi connectivity index (χ2n) is 7.77. The maximum atomic E-state index is 13.2. The van der Waals surface area contributed by atoms with Gasteiger partial charge in [-0.25, -0.2) is 4.79 Å². The summed E-state index contributed by atoms with van der Waals surface area (Å²) < 4.78 is 5.45. The van der Waals surface area contributed by atoms with Gasteiger partial charge in [0.05, 0.1) is 12.8 Å². The Labute approximate surface area is 178 Å². The van der Waals surface area contributed by atoms with Crippen LogP contribution >= 0.6 is 0 Å². The number of furan rings is 1. The highest BCUT2D eigenvalue weighted by Gasteiger charge is 2.24. The molecule has 6 heteroatoms. The molecular weight excluding hydrogens is 378 g/mol. The second kappa shape index (κ2) is 11.2. The third-order valence-electron chi connectivity index (χ3n) is 5.39. The van der Waals surface area contributed by atoms with Crippen molar-refractivity contribution in [3.8, 4) is 0 Å². The minimum absolute atomic E-state index is 0.00187. The van der Waals surface area contributed by atoms with Crippen molar-refractivity contribution in [2.24, 2.45) is 0 Å². The standard InChI is InChI=1S/C24H31N3O3/c1-2-15-26(24(29)25-21-12-7-4-8-13-21)19-23(28)27(18-22-14-9-16-30-22)17-20-10-5-3-6-11-20/h2-3,5-6,9-11,14,16,21H,1,4,7-8,12-13,15,17-19H2,(H,25,29). The monoisotopic (exact) mass is 409 g/mol. The third-order valence-corrected chi connectivity index (χ3v) is 5.39. The van der Waals surface area contributed by atoms with Gasteiger partial charge >= 0.3 is 6.03 Å². The first kappa shape index (κ1) is 21.7. The van der Waals surface area contributed by atoms with Crippen LogP contribution in [0, 0.1) is 0 Å². The van der Waals surface area contributed by atoms with E-state index in [4.69, 9.17) is 4.42 Å². The van der Waals surface area contributed by atoms with Gasteiger partial charge in [-0.3, -0.25) is 4.79 Å². The number of carbonyl (C=O) groups is 2. The molecule has 2 aromatic rings. The predicted octanol–water partition coefficient (Wildman–Crippen LogP) is 4.34. The van der Waals surface area contributed by atoms with Crippen LogP contribution in [-0.4, -0.2) is 40.9 Å². The Morgan fingerprint density at radius 3 is 2.47 bits per heavy atom. The molecule has 160 valence electrons. The molecule has 0 saturated heterocycles. The second-order valence-corrected chi connectivity index (χ2v) is 7.77. The molecule has 1 aromatic heterocycles. The van der Waals surface area contributed by atoms with Crippen LogP contribution in [0.15, 0.2) is 65.8 Å². The summed E-state index contributed by atoms with van der Waals surface area (Å²) in [6.07, 6.45) is 8.76. The maximum Gasteiger partial charge on any atom is 0.318 e. The zero-order chi connectivity index (χ0) is 21.2. The normalized spacial score (nSPS) is 14.1. The fourth-order valence-electron chi connectivity index (χ4n) is 3.78. The Balaban J connectivity index is 1.67. The molecule has 0 bridgehead atoms. The van der Waals surface area contributed by atoms with Crippen LogP contribution in [-0.2, 0) is 17.9 Å². The van der Waals surface area contributed by atoms with Crippen molar-refractivity contribution in [3.05, 3.63) is 72.7 Å². The Morgan fingerprint density at radius 2 is 1.80 bits per heavy atom. The average Bonchev–Trinajstić information content (AvgIpc) is 3.27. The lowest BCUT2D eigenvalue weighted by Gasteiger charge is -2.29. The highest BCUT2D eigenvalue weighted by molar-refractivity contribution is 5.84. The summed E-state index contributed by atoms with van der Waals surface area (Å²) in [4.78, 5) is 29.2. The van der Waals surface area contributed by atoms with Crippen molar-refractivity contribution in [1.29, 1.82) is 0 Å². The van der Waals surface area contributed by atoms with Gasteiger partial charge in [0.2, 0.25) is 5.91 Å². The molecule has 1 N–H and O–H groups in total. The summed E-state index contributed by atoms with van der Waals surface area (Å²) >= 11 is 0. The summed E-state index contributed by atoms with van der Waals surface area (Å²) in [7, 11) is 0. The van der Waals surface area contributed by atoms with Gasteiger partial charge in [-0.2, -0.15) is 0 Å². The SMILES string of the molecule is C=CCN(CC(=O)N(Cc1ccccc1)Cc1ccco1)C(=O)NC1CCCCC1. The van der Waals surface area contributed by atoms with Crippen molar-refractivity contribution in [1.82, 2.24) is 15.1 Å². The van der Waals surface area contributed by atoms with E-state index >= 15 is 0 Å². The smallest absolute Gasteiger partial charge is 0.318 e. The van der Waals surface area contributed by atoms with Gasteiger partial charge in [0.25, 0.3) is 0 Å². The molecule has 0 unspecified atom stereocenters. The van der Waals surface area contributed by atoms with Crippen molar-refractivity contribution >= 4 is 11.9 Å². The van der Waals surface area contributed by atoms with E-state index in [0.29, 0.717) is 25.4 Å². The van der Waals surface area contributed by atoms with Gasteiger partial charge in [0, 0.05) is 19.1 Å².